The van der Waals surface area contributed by atoms with Crippen LogP contribution in [0.3, 0.4) is 0 Å². The van der Waals surface area contributed by atoms with Crippen molar-refractivity contribution >= 4 is 11.6 Å². The molecule has 0 bridgehead atoms. The summed E-state index contributed by atoms with van der Waals surface area (Å²) in [6, 6.07) is 5.92. The number of rotatable bonds is 4. The van der Waals surface area contributed by atoms with E-state index in [1.165, 1.54) is 18.2 Å². The number of ketones is 2. The number of benzene rings is 1. The first kappa shape index (κ1) is 13.6. The molecule has 1 saturated carbocycles. The van der Waals surface area contributed by atoms with Gasteiger partial charge < -0.3 is 4.74 Å². The van der Waals surface area contributed by atoms with E-state index in [0.717, 1.165) is 0 Å². The molecule has 102 valence electrons. The molecule has 3 nitrogen and oxygen atoms in total. The fourth-order valence-electron chi connectivity index (χ4n) is 2.34. The van der Waals surface area contributed by atoms with Gasteiger partial charge >= 0.3 is 6.61 Å². The van der Waals surface area contributed by atoms with Gasteiger partial charge in [0.05, 0.1) is 5.56 Å². The third-order valence-corrected chi connectivity index (χ3v) is 3.22. The van der Waals surface area contributed by atoms with Crippen molar-refractivity contribution in [3.05, 3.63) is 29.8 Å². The molecule has 1 unspecified atom stereocenters. The zero-order valence-electron chi connectivity index (χ0n) is 10.3. The maximum absolute atomic E-state index is 12.3. The maximum atomic E-state index is 12.3. The van der Waals surface area contributed by atoms with Gasteiger partial charge in [0.25, 0.3) is 0 Å². The summed E-state index contributed by atoms with van der Waals surface area (Å²) in [6.45, 7) is -2.97. The molecule has 0 aliphatic heterocycles. The lowest BCUT2D eigenvalue weighted by atomic mass is 9.83. The van der Waals surface area contributed by atoms with Crippen LogP contribution in [0.25, 0.3) is 0 Å². The Morgan fingerprint density at radius 1 is 1.32 bits per heavy atom. The van der Waals surface area contributed by atoms with E-state index in [-0.39, 0.29) is 29.3 Å². The Labute approximate surface area is 109 Å². The minimum atomic E-state index is -2.97. The Hall–Kier alpha value is -1.78. The predicted octanol–water partition coefficient (Wildman–Crippen LogP) is 3.23. The molecule has 0 N–H and O–H groups in total. The van der Waals surface area contributed by atoms with Gasteiger partial charge in [-0.1, -0.05) is 12.1 Å². The van der Waals surface area contributed by atoms with Crippen molar-refractivity contribution in [3.8, 4) is 5.75 Å². The smallest absolute Gasteiger partial charge is 0.387 e. The van der Waals surface area contributed by atoms with E-state index >= 15 is 0 Å². The first-order chi connectivity index (χ1) is 9.08. The summed E-state index contributed by atoms with van der Waals surface area (Å²) >= 11 is 0. The second kappa shape index (κ2) is 5.91. The summed E-state index contributed by atoms with van der Waals surface area (Å²) in [7, 11) is 0. The average molecular weight is 268 g/mol. The van der Waals surface area contributed by atoms with Gasteiger partial charge in [-0.15, -0.1) is 0 Å². The van der Waals surface area contributed by atoms with Crippen molar-refractivity contribution in [2.45, 2.75) is 32.3 Å². The third-order valence-electron chi connectivity index (χ3n) is 3.22. The molecular formula is C14H14F2O3. The van der Waals surface area contributed by atoms with Gasteiger partial charge in [0.15, 0.2) is 5.78 Å². The molecule has 5 heteroatoms. The second-order valence-corrected chi connectivity index (χ2v) is 4.57. The molecule has 1 aromatic rings. The quantitative estimate of drug-likeness (QED) is 0.787. The SMILES string of the molecule is O=C1CCCC(C(=O)c2ccccc2OC(F)F)C1. The number of halogens is 2. The topological polar surface area (TPSA) is 43.4 Å². The molecule has 1 aliphatic rings. The number of carbonyl (C=O) groups is 2. The second-order valence-electron chi connectivity index (χ2n) is 4.57. The number of carbonyl (C=O) groups excluding carboxylic acids is 2. The Morgan fingerprint density at radius 3 is 2.74 bits per heavy atom. The molecule has 1 fully saturated rings. The Balaban J connectivity index is 2.20. The van der Waals surface area contributed by atoms with E-state index in [1.54, 1.807) is 6.07 Å². The molecule has 0 radical (unpaired) electrons. The Bertz CT molecular complexity index is 485. The van der Waals surface area contributed by atoms with Gasteiger partial charge in [-0.2, -0.15) is 8.78 Å². The fraction of sp³-hybridized carbons (Fsp3) is 0.429. The molecule has 2 rings (SSSR count). The van der Waals surface area contributed by atoms with E-state index in [2.05, 4.69) is 4.74 Å². The normalized spacial score (nSPS) is 19.5. The van der Waals surface area contributed by atoms with Crippen LogP contribution < -0.4 is 4.74 Å². The minimum Gasteiger partial charge on any atom is -0.434 e. The number of para-hydroxylation sites is 1. The van der Waals surface area contributed by atoms with Crippen LogP contribution in [-0.4, -0.2) is 18.2 Å². The van der Waals surface area contributed by atoms with Crippen LogP contribution in [0, 0.1) is 5.92 Å². The van der Waals surface area contributed by atoms with Gasteiger partial charge in [0.1, 0.15) is 11.5 Å². The highest BCUT2D eigenvalue weighted by Crippen LogP contribution is 2.29. The molecule has 19 heavy (non-hydrogen) atoms. The summed E-state index contributed by atoms with van der Waals surface area (Å²) in [5, 5.41) is 0. The lowest BCUT2D eigenvalue weighted by Gasteiger charge is -2.20. The first-order valence-electron chi connectivity index (χ1n) is 6.17. The summed E-state index contributed by atoms with van der Waals surface area (Å²) in [5.41, 5.74) is 0.127. The lowest BCUT2D eigenvalue weighted by Crippen LogP contribution is -2.23. The van der Waals surface area contributed by atoms with Gasteiger partial charge in [0, 0.05) is 18.8 Å². The van der Waals surface area contributed by atoms with Crippen molar-refractivity contribution < 1.29 is 23.1 Å². The van der Waals surface area contributed by atoms with E-state index in [9.17, 15) is 18.4 Å². The Morgan fingerprint density at radius 2 is 2.05 bits per heavy atom. The molecule has 0 aromatic heterocycles. The van der Waals surface area contributed by atoms with Crippen molar-refractivity contribution in [1.82, 2.24) is 0 Å². The summed E-state index contributed by atoms with van der Waals surface area (Å²) in [6.07, 6.45) is 1.99. The van der Waals surface area contributed by atoms with Crippen LogP contribution in [0.2, 0.25) is 0 Å². The van der Waals surface area contributed by atoms with E-state index in [0.29, 0.717) is 19.3 Å². The highest BCUT2D eigenvalue weighted by Gasteiger charge is 2.28. The highest BCUT2D eigenvalue weighted by atomic mass is 19.3. The number of ether oxygens (including phenoxy) is 1. The third kappa shape index (κ3) is 3.36. The van der Waals surface area contributed by atoms with E-state index < -0.39 is 12.5 Å². The fourth-order valence-corrected chi connectivity index (χ4v) is 2.34. The molecule has 1 atom stereocenters. The molecule has 1 aromatic carbocycles. The van der Waals surface area contributed by atoms with E-state index in [1.807, 2.05) is 0 Å². The number of hydrogen-bond donors (Lipinski definition) is 0. The average Bonchev–Trinajstić information content (AvgIpc) is 2.38. The van der Waals surface area contributed by atoms with E-state index in [4.69, 9.17) is 0 Å². The number of alkyl halides is 2. The molecule has 0 saturated heterocycles. The van der Waals surface area contributed by atoms with Gasteiger partial charge in [-0.05, 0) is 25.0 Å². The zero-order chi connectivity index (χ0) is 13.8. The largest absolute Gasteiger partial charge is 0.434 e. The summed E-state index contributed by atoms with van der Waals surface area (Å²) in [5.74, 6) is -0.773. The van der Waals surface area contributed by atoms with Crippen LogP contribution in [0.15, 0.2) is 24.3 Å². The van der Waals surface area contributed by atoms with Crippen LogP contribution in [0.5, 0.6) is 5.75 Å². The molecule has 0 amide bonds. The summed E-state index contributed by atoms with van der Waals surface area (Å²) < 4.78 is 28.9. The van der Waals surface area contributed by atoms with Crippen molar-refractivity contribution in [3.63, 3.8) is 0 Å². The minimum absolute atomic E-state index is 0.0526. The van der Waals surface area contributed by atoms with Gasteiger partial charge in [0.2, 0.25) is 0 Å². The molecule has 0 heterocycles. The van der Waals surface area contributed by atoms with Crippen molar-refractivity contribution in [1.29, 1.82) is 0 Å². The zero-order valence-corrected chi connectivity index (χ0v) is 10.3. The van der Waals surface area contributed by atoms with Crippen LogP contribution in [0.1, 0.15) is 36.0 Å². The van der Waals surface area contributed by atoms with Crippen LogP contribution in [0.4, 0.5) is 8.78 Å². The predicted molar refractivity (Wildman–Crippen MR) is 64.4 cm³/mol. The van der Waals surface area contributed by atoms with Gasteiger partial charge in [-0.25, -0.2) is 0 Å². The maximum Gasteiger partial charge on any atom is 0.387 e. The van der Waals surface area contributed by atoms with Crippen LogP contribution in [-0.2, 0) is 4.79 Å². The van der Waals surface area contributed by atoms with Gasteiger partial charge in [-0.3, -0.25) is 9.59 Å². The standard InChI is InChI=1S/C14H14F2O3/c15-14(16)19-12-7-2-1-6-11(12)13(18)9-4-3-5-10(17)8-9/h1-2,6-7,9,14H,3-5,8H2. The molecule has 1 aliphatic carbocycles. The molecule has 0 spiro atoms. The van der Waals surface area contributed by atoms with Crippen molar-refractivity contribution in [2.75, 3.05) is 0 Å². The first-order valence-corrected chi connectivity index (χ1v) is 6.17. The molecular weight excluding hydrogens is 254 g/mol. The monoisotopic (exact) mass is 268 g/mol. The summed E-state index contributed by atoms with van der Waals surface area (Å²) in [4.78, 5) is 23.6. The lowest BCUT2D eigenvalue weighted by molar-refractivity contribution is -0.121. The Kier molecular flexibility index (Phi) is 4.24. The number of Topliss-reactive ketones (excluding diaryl/α,β-unsaturated/α-hetero) is 2. The number of hydrogen-bond acceptors (Lipinski definition) is 3. The van der Waals surface area contributed by atoms with Crippen LogP contribution >= 0.6 is 0 Å². The highest BCUT2D eigenvalue weighted by molar-refractivity contribution is 6.02. The van der Waals surface area contributed by atoms with Crippen molar-refractivity contribution in [2.24, 2.45) is 5.92 Å².